The van der Waals surface area contributed by atoms with E-state index in [9.17, 15) is 29.4 Å². The average molecular weight is 779 g/mol. The predicted octanol–water partition coefficient (Wildman–Crippen LogP) is 10.9. The van der Waals surface area contributed by atoms with Crippen molar-refractivity contribution in [3.8, 4) is 0 Å². The molecule has 0 aromatic carbocycles. The maximum atomic E-state index is 12.7. The summed E-state index contributed by atoms with van der Waals surface area (Å²) < 4.78 is 0. The van der Waals surface area contributed by atoms with Crippen LogP contribution < -0.4 is 15.5 Å². The van der Waals surface area contributed by atoms with Crippen molar-refractivity contribution in [1.82, 2.24) is 10.2 Å². The average Bonchev–Trinajstić information content (AvgIpc) is 3.14. The number of hydrogen-bond acceptors (Lipinski definition) is 6. The summed E-state index contributed by atoms with van der Waals surface area (Å²) in [5, 5.41) is 23.3. The van der Waals surface area contributed by atoms with E-state index in [1.807, 2.05) is 18.7 Å². The van der Waals surface area contributed by atoms with Gasteiger partial charge in [0.2, 0.25) is 11.8 Å². The van der Waals surface area contributed by atoms with E-state index < -0.39 is 11.9 Å². The lowest BCUT2D eigenvalue weighted by Gasteiger charge is -2.23. The minimum absolute atomic E-state index is 0.000509. The van der Waals surface area contributed by atoms with Crippen LogP contribution in [0.15, 0.2) is 0 Å². The number of carboxylic acids is 2. The second kappa shape index (κ2) is 44.6. The Morgan fingerprint density at radius 3 is 0.909 bits per heavy atom. The molecule has 0 saturated carbocycles. The quantitative estimate of drug-likeness (QED) is 0.0615. The first-order valence-corrected chi connectivity index (χ1v) is 23.6. The summed E-state index contributed by atoms with van der Waals surface area (Å²) in [5.74, 6) is -2.56. The largest absolute Gasteiger partial charge is 0.550 e. The lowest BCUT2D eigenvalue weighted by atomic mass is 10.0. The Hall–Kier alpha value is -2.12. The first-order valence-electron chi connectivity index (χ1n) is 23.6. The molecule has 0 aliphatic rings. The van der Waals surface area contributed by atoms with Gasteiger partial charge < -0.3 is 30.0 Å². The van der Waals surface area contributed by atoms with Crippen LogP contribution in [0.4, 0.5) is 0 Å². The fourth-order valence-electron chi connectivity index (χ4n) is 7.04. The first kappa shape index (κ1) is 55.0. The lowest BCUT2D eigenvalue weighted by Crippen LogP contribution is -2.34. The Bertz CT molecular complexity index is 828. The smallest absolute Gasteiger partial charge is 0.222 e. The van der Waals surface area contributed by atoms with Crippen molar-refractivity contribution in [1.29, 1.82) is 0 Å². The number of aliphatic carboxylic acids is 2. The van der Waals surface area contributed by atoms with Crippen molar-refractivity contribution >= 4 is 23.8 Å². The summed E-state index contributed by atoms with van der Waals surface area (Å²) in [6.45, 7) is 9.76. The molecule has 0 aromatic heterocycles. The van der Waals surface area contributed by atoms with Gasteiger partial charge in [-0.15, -0.1) is 0 Å². The van der Waals surface area contributed by atoms with E-state index in [-0.39, 0.29) is 43.5 Å². The third-order valence-electron chi connectivity index (χ3n) is 10.5. The van der Waals surface area contributed by atoms with Crippen LogP contribution in [0.3, 0.4) is 0 Å². The Balaban J connectivity index is 0. The number of rotatable bonds is 41. The molecular formula is C47H90N2O6-2. The molecule has 0 aliphatic heterocycles. The summed E-state index contributed by atoms with van der Waals surface area (Å²) in [6.07, 6.45) is 42.8. The number of amides is 2. The van der Waals surface area contributed by atoms with Crippen LogP contribution in [0, 0.1) is 0 Å². The zero-order chi connectivity index (χ0) is 41.0. The van der Waals surface area contributed by atoms with E-state index in [1.54, 1.807) is 0 Å². The molecule has 0 fully saturated rings. The molecule has 326 valence electrons. The van der Waals surface area contributed by atoms with Gasteiger partial charge in [0, 0.05) is 43.9 Å². The molecule has 0 radical (unpaired) electrons. The Morgan fingerprint density at radius 2 is 0.655 bits per heavy atom. The zero-order valence-corrected chi connectivity index (χ0v) is 36.8. The molecule has 8 heteroatoms. The molecule has 0 unspecified atom stereocenters. The molecule has 8 nitrogen and oxygen atoms in total. The fourth-order valence-corrected chi connectivity index (χ4v) is 7.04. The molecule has 0 bridgehead atoms. The lowest BCUT2D eigenvalue weighted by molar-refractivity contribution is -0.307. The third kappa shape index (κ3) is 48.0. The third-order valence-corrected chi connectivity index (χ3v) is 10.5. The van der Waals surface area contributed by atoms with Gasteiger partial charge in [0.05, 0.1) is 0 Å². The number of unbranched alkanes of at least 4 members (excludes halogenated alkanes) is 30. The molecule has 0 aliphatic carbocycles. The summed E-state index contributed by atoms with van der Waals surface area (Å²) in [6, 6.07) is 0.0595. The fraction of sp³-hybridized carbons (Fsp3) is 0.915. The minimum Gasteiger partial charge on any atom is -0.550 e. The van der Waals surface area contributed by atoms with Crippen molar-refractivity contribution in [3.05, 3.63) is 0 Å². The molecule has 0 spiro atoms. The molecule has 2 amide bonds. The van der Waals surface area contributed by atoms with Crippen LogP contribution in [0.5, 0.6) is 0 Å². The van der Waals surface area contributed by atoms with Crippen LogP contribution in [-0.4, -0.2) is 47.8 Å². The number of hydrogen-bond donors (Lipinski definition) is 1. The van der Waals surface area contributed by atoms with Crippen molar-refractivity contribution in [2.75, 3.05) is 13.1 Å². The van der Waals surface area contributed by atoms with E-state index in [0.717, 1.165) is 25.9 Å². The summed E-state index contributed by atoms with van der Waals surface area (Å²) in [7, 11) is 0. The van der Waals surface area contributed by atoms with Crippen LogP contribution >= 0.6 is 0 Å². The van der Waals surface area contributed by atoms with Gasteiger partial charge in [-0.05, 0) is 39.5 Å². The second-order valence-corrected chi connectivity index (χ2v) is 16.5. The summed E-state index contributed by atoms with van der Waals surface area (Å²) >= 11 is 0. The van der Waals surface area contributed by atoms with E-state index in [4.69, 9.17) is 0 Å². The van der Waals surface area contributed by atoms with Gasteiger partial charge in [0.25, 0.3) is 0 Å². The van der Waals surface area contributed by atoms with Crippen LogP contribution in [0.1, 0.15) is 259 Å². The number of carboxylic acid groups (broad SMARTS) is 2. The van der Waals surface area contributed by atoms with Gasteiger partial charge in [0.1, 0.15) is 0 Å². The van der Waals surface area contributed by atoms with E-state index >= 15 is 0 Å². The highest BCUT2D eigenvalue weighted by atomic mass is 16.4. The first-order chi connectivity index (χ1) is 26.6. The molecule has 55 heavy (non-hydrogen) atoms. The highest BCUT2D eigenvalue weighted by molar-refractivity contribution is 5.80. The molecule has 0 rings (SSSR count). The van der Waals surface area contributed by atoms with Gasteiger partial charge in [0.15, 0.2) is 0 Å². The highest BCUT2D eigenvalue weighted by Crippen LogP contribution is 2.16. The maximum Gasteiger partial charge on any atom is 0.222 e. The molecular weight excluding hydrogens is 689 g/mol. The molecule has 1 N–H and O–H groups in total. The standard InChI is InChI=1S/C40H79NO3.C7H13NO3/c1-3-5-7-9-11-13-15-17-19-21-23-25-27-29-31-33-37-41(39(42)35-36-40(43)44)38-34-32-30-28-26-24-22-20-18-16-14-12-10-8-6-4-2;1-5(2)8-6(9)3-4-7(10)11/h3-38H2,1-2H3,(H,43,44);5H,3-4H2,1-2H3,(H,8,9)(H,10,11)/p-2. The normalized spacial score (nSPS) is 11.0. The Morgan fingerprint density at radius 1 is 0.400 bits per heavy atom. The maximum absolute atomic E-state index is 12.7. The van der Waals surface area contributed by atoms with Gasteiger partial charge in [-0.1, -0.05) is 206 Å². The van der Waals surface area contributed by atoms with Crippen molar-refractivity contribution in [3.63, 3.8) is 0 Å². The van der Waals surface area contributed by atoms with E-state index in [1.165, 1.54) is 193 Å². The zero-order valence-electron chi connectivity index (χ0n) is 36.8. The van der Waals surface area contributed by atoms with Crippen molar-refractivity contribution in [2.24, 2.45) is 0 Å². The summed E-state index contributed by atoms with van der Waals surface area (Å²) in [4.78, 5) is 46.1. The van der Waals surface area contributed by atoms with Gasteiger partial charge in [-0.25, -0.2) is 0 Å². The van der Waals surface area contributed by atoms with Crippen molar-refractivity contribution < 1.29 is 29.4 Å². The number of nitrogens with zero attached hydrogens (tertiary/aromatic N) is 1. The van der Waals surface area contributed by atoms with Crippen molar-refractivity contribution in [2.45, 2.75) is 265 Å². The van der Waals surface area contributed by atoms with E-state index in [2.05, 4.69) is 19.2 Å². The summed E-state index contributed by atoms with van der Waals surface area (Å²) in [5.41, 5.74) is 0. The molecule has 0 heterocycles. The predicted molar refractivity (Wildman–Crippen MR) is 227 cm³/mol. The number of carbonyl (C=O) groups is 4. The van der Waals surface area contributed by atoms with Gasteiger partial charge in [-0.3, -0.25) is 9.59 Å². The monoisotopic (exact) mass is 779 g/mol. The van der Waals surface area contributed by atoms with E-state index in [0.29, 0.717) is 0 Å². The minimum atomic E-state index is -1.19. The van der Waals surface area contributed by atoms with Crippen LogP contribution in [0.25, 0.3) is 0 Å². The molecule has 0 saturated heterocycles. The highest BCUT2D eigenvalue weighted by Gasteiger charge is 2.13. The van der Waals surface area contributed by atoms with Gasteiger partial charge >= 0.3 is 0 Å². The number of carbonyl (C=O) groups excluding carboxylic acids is 4. The van der Waals surface area contributed by atoms with Gasteiger partial charge in [-0.2, -0.15) is 0 Å². The molecule has 0 atom stereocenters. The Labute approximate surface area is 340 Å². The molecule has 0 aromatic rings. The number of nitrogens with one attached hydrogen (secondary N) is 1. The van der Waals surface area contributed by atoms with Crippen LogP contribution in [-0.2, 0) is 19.2 Å². The second-order valence-electron chi connectivity index (χ2n) is 16.5. The Kier molecular flexibility index (Phi) is 44.6. The topological polar surface area (TPSA) is 130 Å². The van der Waals surface area contributed by atoms with Crippen LogP contribution in [0.2, 0.25) is 0 Å². The SMILES string of the molecule is CC(C)NC(=O)CCC(=O)[O-].CCCCCCCCCCCCCCCCCCN(CCCCCCCCCCCCCCCCCC)C(=O)CCC(=O)[O-].